The van der Waals surface area contributed by atoms with Gasteiger partial charge in [-0.05, 0) is 12.8 Å². The summed E-state index contributed by atoms with van der Waals surface area (Å²) in [6.07, 6.45) is 8.73. The van der Waals surface area contributed by atoms with Crippen molar-refractivity contribution in [3.05, 3.63) is 34.2 Å². The molecule has 1 aromatic rings. The van der Waals surface area contributed by atoms with E-state index >= 15 is 0 Å². The predicted octanol–water partition coefficient (Wildman–Crippen LogP) is 1.78. The molecule has 1 fully saturated rings. The van der Waals surface area contributed by atoms with Gasteiger partial charge >= 0.3 is 0 Å². The van der Waals surface area contributed by atoms with Gasteiger partial charge in [-0.1, -0.05) is 19.3 Å². The van der Waals surface area contributed by atoms with Gasteiger partial charge in [0.05, 0.1) is 0 Å². The molecule has 0 radical (unpaired) electrons. The molecule has 0 spiro atoms. The van der Waals surface area contributed by atoms with Crippen LogP contribution in [0.3, 0.4) is 0 Å². The van der Waals surface area contributed by atoms with Crippen LogP contribution in [0.4, 0.5) is 0 Å². The Kier molecular flexibility index (Phi) is 3.61. The molecule has 0 bridgehead atoms. The first-order valence-corrected chi connectivity index (χ1v) is 6.14. The van der Waals surface area contributed by atoms with Crippen LogP contribution in [0.25, 0.3) is 0 Å². The average molecular weight is 234 g/mol. The first-order chi connectivity index (χ1) is 8.20. The van der Waals surface area contributed by atoms with E-state index in [1.54, 1.807) is 18.1 Å². The standard InChI is InChI=1S/C13H18N2O2/c1-15(10-5-3-2-4-6-10)13(17)11-9-14-8-7-12(11)16/h7-10H,2-6H2,1H3,(H,14,16). The molecular weight excluding hydrogens is 216 g/mol. The van der Waals surface area contributed by atoms with Gasteiger partial charge in [-0.15, -0.1) is 0 Å². The first-order valence-electron chi connectivity index (χ1n) is 6.14. The molecule has 1 aliphatic carbocycles. The first kappa shape index (κ1) is 11.9. The molecule has 4 nitrogen and oxygen atoms in total. The number of hydrogen-bond acceptors (Lipinski definition) is 2. The van der Waals surface area contributed by atoms with E-state index in [1.165, 1.54) is 31.5 Å². The molecule has 0 unspecified atom stereocenters. The molecule has 17 heavy (non-hydrogen) atoms. The number of H-pyrrole nitrogens is 1. The largest absolute Gasteiger partial charge is 0.367 e. The van der Waals surface area contributed by atoms with E-state index in [0.29, 0.717) is 0 Å². The van der Waals surface area contributed by atoms with Crippen molar-refractivity contribution >= 4 is 5.91 Å². The summed E-state index contributed by atoms with van der Waals surface area (Å²) in [5.74, 6) is -0.168. The Balaban J connectivity index is 2.14. The number of rotatable bonds is 2. The van der Waals surface area contributed by atoms with Crippen molar-refractivity contribution < 1.29 is 4.79 Å². The quantitative estimate of drug-likeness (QED) is 0.848. The minimum absolute atomic E-state index is 0.168. The molecular formula is C13H18N2O2. The molecule has 0 saturated heterocycles. The monoisotopic (exact) mass is 234 g/mol. The fraction of sp³-hybridized carbons (Fsp3) is 0.538. The second-order valence-electron chi connectivity index (χ2n) is 4.63. The van der Waals surface area contributed by atoms with Crippen molar-refractivity contribution in [1.82, 2.24) is 9.88 Å². The van der Waals surface area contributed by atoms with Crippen LogP contribution in [0.2, 0.25) is 0 Å². The predicted molar refractivity (Wildman–Crippen MR) is 66.0 cm³/mol. The topological polar surface area (TPSA) is 53.2 Å². The molecule has 1 heterocycles. The molecule has 1 saturated carbocycles. The smallest absolute Gasteiger partial charge is 0.259 e. The van der Waals surface area contributed by atoms with E-state index < -0.39 is 0 Å². The van der Waals surface area contributed by atoms with E-state index in [4.69, 9.17) is 0 Å². The number of nitrogens with one attached hydrogen (secondary N) is 1. The Labute approximate surface area is 101 Å². The minimum atomic E-state index is -0.212. The van der Waals surface area contributed by atoms with Crippen molar-refractivity contribution in [3.63, 3.8) is 0 Å². The summed E-state index contributed by atoms with van der Waals surface area (Å²) in [7, 11) is 1.80. The summed E-state index contributed by atoms with van der Waals surface area (Å²) >= 11 is 0. The Bertz CT molecular complexity index is 447. The van der Waals surface area contributed by atoms with Crippen LogP contribution in [0.15, 0.2) is 23.3 Å². The highest BCUT2D eigenvalue weighted by atomic mass is 16.2. The van der Waals surface area contributed by atoms with Crippen LogP contribution in [-0.2, 0) is 0 Å². The highest BCUT2D eigenvalue weighted by Gasteiger charge is 2.24. The van der Waals surface area contributed by atoms with Crippen molar-refractivity contribution in [3.8, 4) is 0 Å². The van der Waals surface area contributed by atoms with Gasteiger partial charge in [-0.25, -0.2) is 0 Å². The number of aromatic amines is 1. The Morgan fingerprint density at radius 2 is 2.06 bits per heavy atom. The zero-order valence-electron chi connectivity index (χ0n) is 10.1. The fourth-order valence-electron chi connectivity index (χ4n) is 2.41. The summed E-state index contributed by atoms with van der Waals surface area (Å²) in [4.78, 5) is 28.3. The highest BCUT2D eigenvalue weighted by Crippen LogP contribution is 2.22. The lowest BCUT2D eigenvalue weighted by Gasteiger charge is -2.31. The third-order valence-corrected chi connectivity index (χ3v) is 3.50. The average Bonchev–Trinajstić information content (AvgIpc) is 2.39. The van der Waals surface area contributed by atoms with Crippen LogP contribution in [-0.4, -0.2) is 28.9 Å². The molecule has 92 valence electrons. The number of aromatic nitrogens is 1. The summed E-state index contributed by atoms with van der Waals surface area (Å²) in [6.45, 7) is 0. The number of carbonyl (C=O) groups is 1. The zero-order valence-corrected chi connectivity index (χ0v) is 10.1. The third kappa shape index (κ3) is 2.57. The van der Waals surface area contributed by atoms with Gasteiger partial charge in [0.15, 0.2) is 5.43 Å². The number of carbonyl (C=O) groups excluding carboxylic acids is 1. The maximum absolute atomic E-state index is 12.2. The number of amides is 1. The lowest BCUT2D eigenvalue weighted by atomic mass is 9.94. The van der Waals surface area contributed by atoms with Crippen LogP contribution in [0.1, 0.15) is 42.5 Å². The maximum Gasteiger partial charge on any atom is 0.259 e. The number of hydrogen-bond donors (Lipinski definition) is 1. The molecule has 1 amide bonds. The Hall–Kier alpha value is -1.58. The molecule has 2 rings (SSSR count). The molecule has 0 atom stereocenters. The van der Waals surface area contributed by atoms with Crippen LogP contribution >= 0.6 is 0 Å². The van der Waals surface area contributed by atoms with E-state index in [-0.39, 0.29) is 22.9 Å². The second kappa shape index (κ2) is 5.17. The summed E-state index contributed by atoms with van der Waals surface area (Å²) in [5, 5.41) is 0. The maximum atomic E-state index is 12.2. The van der Waals surface area contributed by atoms with Crippen molar-refractivity contribution in [2.45, 2.75) is 38.1 Å². The molecule has 1 N–H and O–H groups in total. The van der Waals surface area contributed by atoms with E-state index in [1.807, 2.05) is 0 Å². The van der Waals surface area contributed by atoms with E-state index in [0.717, 1.165) is 12.8 Å². The van der Waals surface area contributed by atoms with Gasteiger partial charge in [0.25, 0.3) is 5.91 Å². The summed E-state index contributed by atoms with van der Waals surface area (Å²) in [6, 6.07) is 1.68. The number of pyridine rings is 1. The van der Waals surface area contributed by atoms with Gasteiger partial charge in [-0.3, -0.25) is 9.59 Å². The number of nitrogens with zero attached hydrogens (tertiary/aromatic N) is 1. The fourth-order valence-corrected chi connectivity index (χ4v) is 2.41. The van der Waals surface area contributed by atoms with E-state index in [9.17, 15) is 9.59 Å². The zero-order chi connectivity index (χ0) is 12.3. The van der Waals surface area contributed by atoms with Gasteiger partial charge in [0.1, 0.15) is 5.56 Å². The lowest BCUT2D eigenvalue weighted by Crippen LogP contribution is -2.40. The lowest BCUT2D eigenvalue weighted by molar-refractivity contribution is 0.0694. The van der Waals surface area contributed by atoms with E-state index in [2.05, 4.69) is 4.98 Å². The molecule has 4 heteroatoms. The van der Waals surface area contributed by atoms with Crippen molar-refractivity contribution in [1.29, 1.82) is 0 Å². The van der Waals surface area contributed by atoms with Crippen LogP contribution in [0, 0.1) is 0 Å². The molecule has 0 aliphatic heterocycles. The van der Waals surface area contributed by atoms with Gasteiger partial charge in [0.2, 0.25) is 0 Å². The molecule has 1 aromatic heterocycles. The molecule has 0 aromatic carbocycles. The van der Waals surface area contributed by atoms with Crippen LogP contribution < -0.4 is 5.43 Å². The highest BCUT2D eigenvalue weighted by molar-refractivity contribution is 5.93. The van der Waals surface area contributed by atoms with Gasteiger partial charge in [-0.2, -0.15) is 0 Å². The SMILES string of the molecule is CN(C(=O)c1c[nH]ccc1=O)C1CCCCC1. The minimum Gasteiger partial charge on any atom is -0.367 e. The van der Waals surface area contributed by atoms with Crippen molar-refractivity contribution in [2.75, 3.05) is 7.05 Å². The summed E-state index contributed by atoms with van der Waals surface area (Å²) < 4.78 is 0. The second-order valence-corrected chi connectivity index (χ2v) is 4.63. The Morgan fingerprint density at radius 1 is 1.35 bits per heavy atom. The van der Waals surface area contributed by atoms with Gasteiger partial charge in [0, 0.05) is 31.5 Å². The normalized spacial score (nSPS) is 16.8. The summed E-state index contributed by atoms with van der Waals surface area (Å²) in [5.41, 5.74) is 0.0250. The van der Waals surface area contributed by atoms with Crippen molar-refractivity contribution in [2.24, 2.45) is 0 Å². The Morgan fingerprint density at radius 3 is 2.71 bits per heavy atom. The van der Waals surface area contributed by atoms with Gasteiger partial charge < -0.3 is 9.88 Å². The molecule has 1 aliphatic rings. The third-order valence-electron chi connectivity index (χ3n) is 3.50. The van der Waals surface area contributed by atoms with Crippen LogP contribution in [0.5, 0.6) is 0 Å².